The molecule has 3 aliphatic heterocycles. The molecule has 0 bridgehead atoms. The number of likely N-dealkylation sites (tertiary alicyclic amines) is 2. The van der Waals surface area contributed by atoms with Gasteiger partial charge in [-0.15, -0.1) is 0 Å². The third-order valence-electron chi connectivity index (χ3n) is 14.5. The Bertz CT molecular complexity index is 2470. The molecule has 2 amide bonds. The lowest BCUT2D eigenvalue weighted by Crippen LogP contribution is -2.66. The van der Waals surface area contributed by atoms with Gasteiger partial charge in [-0.2, -0.15) is 0 Å². The molecule has 10 heteroatoms. The van der Waals surface area contributed by atoms with Crippen LogP contribution in [0.1, 0.15) is 69.6 Å². The molecule has 3 heterocycles. The fraction of sp³-hybridized carbons (Fsp3) is 0.345. The first-order valence-electron chi connectivity index (χ1n) is 23.5. The fourth-order valence-electron chi connectivity index (χ4n) is 11.5. The van der Waals surface area contributed by atoms with Crippen molar-refractivity contribution >= 4 is 49.3 Å². The predicted octanol–water partition coefficient (Wildman–Crippen LogP) is 8.75. The summed E-state index contributed by atoms with van der Waals surface area (Å²) in [6.45, 7) is 9.54. The average molecular weight is 885 g/mol. The molecule has 4 atom stereocenters. The topological polar surface area (TPSA) is 99.5 Å². The number of fused-ring (bicyclic) bond motifs is 3. The number of para-hydroxylation sites is 1. The second-order valence-corrected chi connectivity index (χ2v) is 23.7. The molecule has 0 unspecified atom stereocenters. The van der Waals surface area contributed by atoms with Gasteiger partial charge in [0.2, 0.25) is 11.8 Å². The normalized spacial score (nSPS) is 22.3. The number of hydrogen-bond acceptors (Lipinski definition) is 7. The van der Waals surface area contributed by atoms with E-state index in [1.807, 2.05) is 60.7 Å². The number of aromatic hydroxyl groups is 1. The lowest BCUT2D eigenvalue weighted by molar-refractivity contribution is -0.144. The van der Waals surface area contributed by atoms with Crippen LogP contribution in [0.3, 0.4) is 0 Å². The number of amides is 2. The molecule has 0 saturated carbocycles. The van der Waals surface area contributed by atoms with E-state index in [9.17, 15) is 19.7 Å². The molecule has 65 heavy (non-hydrogen) atoms. The number of rotatable bonds is 13. The number of imide groups is 1. The van der Waals surface area contributed by atoms with E-state index in [1.165, 1.54) is 15.9 Å². The second-order valence-electron chi connectivity index (χ2n) is 19.4. The molecule has 1 aliphatic carbocycles. The van der Waals surface area contributed by atoms with Crippen LogP contribution in [0.5, 0.6) is 5.75 Å². The van der Waals surface area contributed by atoms with Gasteiger partial charge in [0, 0.05) is 31.2 Å². The fourth-order valence-corrected chi connectivity index (χ4v) is 16.0. The Labute approximate surface area is 385 Å². The van der Waals surface area contributed by atoms with Crippen molar-refractivity contribution in [3.8, 4) is 5.75 Å². The summed E-state index contributed by atoms with van der Waals surface area (Å²) in [5.74, 6) is -1.50. The zero-order valence-electron chi connectivity index (χ0n) is 37.9. The molecule has 4 aliphatic rings. The standard InChI is InChI=1S/C55H61BN2O6Si/c1-55(2,3)65(45-23-12-6-13-24-45,46-25-14-7-15-26-46)63-38-43-35-47-52(54(61)58(53(47)60)44-30-32-57(33-31-44)37-39-18-8-4-9-19-39)48-36-56(62)64-50(51(43)48)29-28-41(40-20-10-5-11-21-40)34-42-22-16-17-27-49(42)59/h4-27,34,44,47-48,50,52,59,62H,28-33,35-38H2,1-3H3/b41-34-/t47-,48+,50-,52-/m1/s1. The monoisotopic (exact) mass is 884 g/mol. The maximum absolute atomic E-state index is 15.0. The van der Waals surface area contributed by atoms with Crippen molar-refractivity contribution in [2.75, 3.05) is 19.7 Å². The molecule has 0 radical (unpaired) electrons. The lowest BCUT2D eigenvalue weighted by atomic mass is 9.58. The third-order valence-corrected chi connectivity index (χ3v) is 19.5. The van der Waals surface area contributed by atoms with E-state index in [0.29, 0.717) is 24.8 Å². The first kappa shape index (κ1) is 44.8. The molecule has 3 saturated heterocycles. The minimum atomic E-state index is -3.02. The van der Waals surface area contributed by atoms with E-state index in [4.69, 9.17) is 9.08 Å². The van der Waals surface area contributed by atoms with E-state index in [2.05, 4.69) is 111 Å². The van der Waals surface area contributed by atoms with Crippen molar-refractivity contribution in [1.29, 1.82) is 0 Å². The maximum Gasteiger partial charge on any atom is 0.455 e. The number of phenols is 1. The van der Waals surface area contributed by atoms with Crippen LogP contribution in [-0.4, -0.2) is 79.0 Å². The van der Waals surface area contributed by atoms with Gasteiger partial charge in [0.25, 0.3) is 8.32 Å². The maximum atomic E-state index is 15.0. The number of phenolic OH excluding ortho intramolecular Hbond substituents is 1. The highest BCUT2D eigenvalue weighted by Gasteiger charge is 2.59. The summed E-state index contributed by atoms with van der Waals surface area (Å²) in [5, 5.41) is 24.5. The first-order chi connectivity index (χ1) is 31.5. The minimum absolute atomic E-state index is 0.0852. The SMILES string of the molecule is CC(C)(C)[Si](OCC1=C2[C@@H](CC/C(=C/c3ccccc3O)c3ccccc3)OB(O)C[C@@H]2[C@@H]2C(=O)N(C3CCN(Cc4ccccc4)CC3)C(=O)[C@@H]2C1)(c1ccccc1)c1ccccc1. The van der Waals surface area contributed by atoms with Crippen LogP contribution in [-0.2, 0) is 25.2 Å². The van der Waals surface area contributed by atoms with Crippen molar-refractivity contribution in [1.82, 2.24) is 9.80 Å². The van der Waals surface area contributed by atoms with Gasteiger partial charge in [0.15, 0.2) is 0 Å². The Kier molecular flexibility index (Phi) is 13.3. The Balaban J connectivity index is 1.08. The predicted molar refractivity (Wildman–Crippen MR) is 262 cm³/mol. The average Bonchev–Trinajstić information content (AvgIpc) is 3.57. The Morgan fingerprint density at radius 3 is 1.98 bits per heavy atom. The van der Waals surface area contributed by atoms with Gasteiger partial charge in [-0.1, -0.05) is 160 Å². The van der Waals surface area contributed by atoms with Gasteiger partial charge in [-0.25, -0.2) is 0 Å². The Morgan fingerprint density at radius 2 is 1.37 bits per heavy atom. The molecule has 0 aromatic heterocycles. The second kappa shape index (κ2) is 19.2. The largest absolute Gasteiger partial charge is 0.507 e. The van der Waals surface area contributed by atoms with Gasteiger partial charge < -0.3 is 19.2 Å². The van der Waals surface area contributed by atoms with Crippen molar-refractivity contribution in [2.45, 2.75) is 82.9 Å². The summed E-state index contributed by atoms with van der Waals surface area (Å²) in [7, 11) is -4.12. The number of carbonyl (C=O) groups is 2. The highest BCUT2D eigenvalue weighted by atomic mass is 28.4. The first-order valence-corrected chi connectivity index (χ1v) is 25.4. The molecule has 2 N–H and O–H groups in total. The van der Waals surface area contributed by atoms with Crippen molar-refractivity contribution in [2.24, 2.45) is 17.8 Å². The van der Waals surface area contributed by atoms with Crippen LogP contribution in [0, 0.1) is 17.8 Å². The van der Waals surface area contributed by atoms with E-state index in [0.717, 1.165) is 54.8 Å². The van der Waals surface area contributed by atoms with E-state index < -0.39 is 33.4 Å². The lowest BCUT2D eigenvalue weighted by Gasteiger charge is -2.46. The van der Waals surface area contributed by atoms with Crippen LogP contribution >= 0.6 is 0 Å². The number of allylic oxidation sites excluding steroid dienone is 1. The zero-order chi connectivity index (χ0) is 45.1. The van der Waals surface area contributed by atoms with Crippen molar-refractivity contribution in [3.05, 3.63) is 173 Å². The van der Waals surface area contributed by atoms with Gasteiger partial charge >= 0.3 is 7.12 Å². The van der Waals surface area contributed by atoms with Crippen LogP contribution < -0.4 is 10.4 Å². The number of piperidine rings is 1. The quantitative estimate of drug-likeness (QED) is 0.0529. The molecule has 3 fully saturated rings. The molecular weight excluding hydrogens is 824 g/mol. The molecule has 334 valence electrons. The van der Waals surface area contributed by atoms with Crippen LogP contribution in [0.15, 0.2) is 157 Å². The van der Waals surface area contributed by atoms with Crippen LogP contribution in [0.4, 0.5) is 0 Å². The zero-order valence-corrected chi connectivity index (χ0v) is 38.9. The smallest absolute Gasteiger partial charge is 0.455 e. The number of hydrogen-bond donors (Lipinski definition) is 2. The molecule has 5 aromatic carbocycles. The third kappa shape index (κ3) is 9.12. The summed E-state index contributed by atoms with van der Waals surface area (Å²) in [6, 6.07) is 48.9. The molecule has 0 spiro atoms. The van der Waals surface area contributed by atoms with E-state index in [1.54, 1.807) is 11.0 Å². The molecular formula is C55H61BN2O6Si. The summed E-state index contributed by atoms with van der Waals surface area (Å²) < 4.78 is 14.2. The van der Waals surface area contributed by atoms with Crippen molar-refractivity contribution < 1.29 is 28.8 Å². The van der Waals surface area contributed by atoms with Crippen molar-refractivity contribution in [3.63, 3.8) is 0 Å². The van der Waals surface area contributed by atoms with E-state index in [-0.39, 0.29) is 47.5 Å². The Morgan fingerprint density at radius 1 is 0.785 bits per heavy atom. The molecule has 5 aromatic rings. The van der Waals surface area contributed by atoms with Gasteiger partial charge in [0.1, 0.15) is 5.75 Å². The summed E-state index contributed by atoms with van der Waals surface area (Å²) in [5.41, 5.74) is 6.03. The minimum Gasteiger partial charge on any atom is -0.507 e. The Hall–Kier alpha value is -5.36. The van der Waals surface area contributed by atoms with Gasteiger partial charge in [-0.3, -0.25) is 19.4 Å². The molecule has 9 rings (SSSR count). The van der Waals surface area contributed by atoms with Gasteiger partial charge in [0.05, 0.1) is 24.5 Å². The van der Waals surface area contributed by atoms with E-state index >= 15 is 0 Å². The van der Waals surface area contributed by atoms with Gasteiger partial charge in [-0.05, 0) is 99.7 Å². The highest BCUT2D eigenvalue weighted by Crippen LogP contribution is 2.52. The highest BCUT2D eigenvalue weighted by molar-refractivity contribution is 6.99. The summed E-state index contributed by atoms with van der Waals surface area (Å²) >= 11 is 0. The molecule has 8 nitrogen and oxygen atoms in total. The number of benzene rings is 5. The summed E-state index contributed by atoms with van der Waals surface area (Å²) in [4.78, 5) is 33.9. The van der Waals surface area contributed by atoms with Crippen LogP contribution in [0.2, 0.25) is 11.4 Å². The van der Waals surface area contributed by atoms with Crippen LogP contribution in [0.25, 0.3) is 11.6 Å². The summed E-state index contributed by atoms with van der Waals surface area (Å²) in [6.07, 6.45) is 4.69. The number of carbonyl (C=O) groups excluding carboxylic acids is 2. The number of nitrogens with zero attached hydrogens (tertiary/aromatic N) is 2.